The summed E-state index contributed by atoms with van der Waals surface area (Å²) in [5, 5.41) is 9.21. The van der Waals surface area contributed by atoms with Gasteiger partial charge in [-0.1, -0.05) is 0 Å². The lowest BCUT2D eigenvalue weighted by Crippen LogP contribution is -2.37. The molecule has 0 radical (unpaired) electrons. The minimum atomic E-state index is -0.830. The Balaban J connectivity index is 1.83. The lowest BCUT2D eigenvalue weighted by molar-refractivity contribution is -0.142. The first-order valence-electron chi connectivity index (χ1n) is 6.94. The van der Waals surface area contributed by atoms with E-state index in [0.29, 0.717) is 17.5 Å². The largest absolute Gasteiger partial charge is 0.481 e. The van der Waals surface area contributed by atoms with E-state index in [1.54, 1.807) is 17.0 Å². The van der Waals surface area contributed by atoms with Crippen molar-refractivity contribution >= 4 is 17.8 Å². The van der Waals surface area contributed by atoms with Crippen LogP contribution in [-0.4, -0.2) is 39.9 Å². The monoisotopic (exact) mass is 288 g/mol. The molecule has 0 spiro atoms. The van der Waals surface area contributed by atoms with Gasteiger partial charge in [0.25, 0.3) is 5.91 Å². The molecule has 0 saturated carbocycles. The molecular weight excluding hydrogens is 272 g/mol. The molecule has 2 heterocycles. The summed E-state index contributed by atoms with van der Waals surface area (Å²) in [6.07, 6.45) is 2.14. The lowest BCUT2D eigenvalue weighted by atomic mass is 9.89. The Kier molecular flexibility index (Phi) is 3.16. The van der Waals surface area contributed by atoms with E-state index < -0.39 is 17.8 Å². The highest BCUT2D eigenvalue weighted by Crippen LogP contribution is 2.42. The third kappa shape index (κ3) is 2.16. The van der Waals surface area contributed by atoms with Crippen LogP contribution in [0.2, 0.25) is 0 Å². The normalized spacial score (nSPS) is 26.9. The average Bonchev–Trinajstić information content (AvgIpc) is 3.04. The van der Waals surface area contributed by atoms with Gasteiger partial charge in [0.1, 0.15) is 0 Å². The minimum Gasteiger partial charge on any atom is -0.481 e. The van der Waals surface area contributed by atoms with E-state index in [9.17, 15) is 19.5 Å². The van der Waals surface area contributed by atoms with Gasteiger partial charge < -0.3 is 15.7 Å². The Hall–Kier alpha value is -2.37. The maximum Gasteiger partial charge on any atom is 0.308 e. The van der Waals surface area contributed by atoms with Gasteiger partial charge in [-0.05, 0) is 43.5 Å². The number of hydrogen-bond acceptors (Lipinski definition) is 3. The number of benzene rings is 1. The number of aliphatic carboxylic acids is 1. The van der Waals surface area contributed by atoms with E-state index in [1.165, 1.54) is 12.1 Å². The number of carboxylic acids is 1. The maximum absolute atomic E-state index is 12.6. The Morgan fingerprint density at radius 1 is 1.10 bits per heavy atom. The van der Waals surface area contributed by atoms with Gasteiger partial charge in [-0.3, -0.25) is 14.4 Å². The Morgan fingerprint density at radius 3 is 2.24 bits per heavy atom. The summed E-state index contributed by atoms with van der Waals surface area (Å²) in [5.41, 5.74) is 5.98. The zero-order valence-electron chi connectivity index (χ0n) is 11.4. The fraction of sp³-hybridized carbons (Fsp3) is 0.400. The number of primary amides is 1. The summed E-state index contributed by atoms with van der Waals surface area (Å²) >= 11 is 0. The van der Waals surface area contributed by atoms with Crippen LogP contribution in [0.5, 0.6) is 0 Å². The highest BCUT2D eigenvalue weighted by Gasteiger charge is 2.51. The third-order valence-electron chi connectivity index (χ3n) is 4.50. The molecule has 1 aromatic rings. The second-order valence-electron chi connectivity index (χ2n) is 5.63. The SMILES string of the molecule is NC(=O)c1ccc(C(=O)N2C3CCC2C(C(=O)O)C3)cc1. The quantitative estimate of drug-likeness (QED) is 0.861. The van der Waals surface area contributed by atoms with E-state index in [0.717, 1.165) is 12.8 Å². The molecular formula is C15H16N2O4. The molecule has 2 bridgehead atoms. The molecule has 1 aromatic carbocycles. The number of carboxylic acid groups (broad SMARTS) is 1. The molecule has 0 aliphatic carbocycles. The molecule has 6 heteroatoms. The molecule has 3 rings (SSSR count). The fourth-order valence-corrected chi connectivity index (χ4v) is 3.50. The number of amides is 2. The molecule has 3 N–H and O–H groups in total. The Bertz CT molecular complexity index is 611. The van der Waals surface area contributed by atoms with Gasteiger partial charge in [-0.25, -0.2) is 0 Å². The molecule has 3 atom stereocenters. The van der Waals surface area contributed by atoms with E-state index in [2.05, 4.69) is 0 Å². The second-order valence-corrected chi connectivity index (χ2v) is 5.63. The van der Waals surface area contributed by atoms with Crippen LogP contribution in [0.1, 0.15) is 40.0 Å². The first-order chi connectivity index (χ1) is 9.99. The highest BCUT2D eigenvalue weighted by molar-refractivity contribution is 5.98. The van der Waals surface area contributed by atoms with Crippen molar-refractivity contribution < 1.29 is 19.5 Å². The number of rotatable bonds is 3. The standard InChI is InChI=1S/C15H16N2O4/c16-13(18)8-1-3-9(4-2-8)14(19)17-10-5-6-12(17)11(7-10)15(20)21/h1-4,10-12H,5-7H2,(H2,16,18)(H,20,21). The van der Waals surface area contributed by atoms with E-state index >= 15 is 0 Å². The van der Waals surface area contributed by atoms with Crippen molar-refractivity contribution in [3.63, 3.8) is 0 Å². The Labute approximate surface area is 121 Å². The van der Waals surface area contributed by atoms with Gasteiger partial charge in [0.15, 0.2) is 0 Å². The number of hydrogen-bond donors (Lipinski definition) is 2. The third-order valence-corrected chi connectivity index (χ3v) is 4.50. The van der Waals surface area contributed by atoms with Crippen LogP contribution in [-0.2, 0) is 4.79 Å². The maximum atomic E-state index is 12.6. The van der Waals surface area contributed by atoms with Crippen LogP contribution in [0.4, 0.5) is 0 Å². The van der Waals surface area contributed by atoms with Crippen LogP contribution in [0.3, 0.4) is 0 Å². The molecule has 2 aliphatic heterocycles. The summed E-state index contributed by atoms with van der Waals surface area (Å²) in [6, 6.07) is 5.96. The summed E-state index contributed by atoms with van der Waals surface area (Å²) in [6.45, 7) is 0. The highest BCUT2D eigenvalue weighted by atomic mass is 16.4. The van der Waals surface area contributed by atoms with Crippen molar-refractivity contribution in [2.24, 2.45) is 11.7 Å². The Morgan fingerprint density at radius 2 is 1.71 bits per heavy atom. The van der Waals surface area contributed by atoms with Crippen molar-refractivity contribution in [3.8, 4) is 0 Å². The van der Waals surface area contributed by atoms with Crippen molar-refractivity contribution in [2.75, 3.05) is 0 Å². The van der Waals surface area contributed by atoms with Crippen LogP contribution in [0.15, 0.2) is 24.3 Å². The van der Waals surface area contributed by atoms with Crippen LogP contribution in [0.25, 0.3) is 0 Å². The minimum absolute atomic E-state index is 0.0133. The van der Waals surface area contributed by atoms with Crippen LogP contribution in [0, 0.1) is 5.92 Å². The summed E-state index contributed by atoms with van der Waals surface area (Å²) < 4.78 is 0. The molecule has 2 amide bonds. The topological polar surface area (TPSA) is 101 Å². The molecule has 110 valence electrons. The number of carbonyl (C=O) groups excluding carboxylic acids is 2. The molecule has 21 heavy (non-hydrogen) atoms. The lowest BCUT2D eigenvalue weighted by Gasteiger charge is -2.23. The van der Waals surface area contributed by atoms with Crippen molar-refractivity contribution in [2.45, 2.75) is 31.3 Å². The van der Waals surface area contributed by atoms with E-state index in [4.69, 9.17) is 5.73 Å². The van der Waals surface area contributed by atoms with Crippen molar-refractivity contribution in [1.29, 1.82) is 0 Å². The van der Waals surface area contributed by atoms with Gasteiger partial charge >= 0.3 is 5.97 Å². The average molecular weight is 288 g/mol. The molecule has 2 fully saturated rings. The smallest absolute Gasteiger partial charge is 0.308 e. The van der Waals surface area contributed by atoms with Crippen molar-refractivity contribution in [3.05, 3.63) is 35.4 Å². The van der Waals surface area contributed by atoms with Gasteiger partial charge in [0, 0.05) is 23.2 Å². The predicted octanol–water partition coefficient (Wildman–Crippen LogP) is 0.863. The molecule has 2 aliphatic rings. The predicted molar refractivity (Wildman–Crippen MR) is 73.7 cm³/mol. The zero-order valence-corrected chi connectivity index (χ0v) is 11.4. The van der Waals surface area contributed by atoms with Gasteiger partial charge in [-0.2, -0.15) is 0 Å². The van der Waals surface area contributed by atoms with Gasteiger partial charge in [-0.15, -0.1) is 0 Å². The number of carbonyl (C=O) groups is 3. The van der Waals surface area contributed by atoms with Gasteiger partial charge in [0.2, 0.25) is 5.91 Å². The summed E-state index contributed by atoms with van der Waals surface area (Å²) in [5.74, 6) is -2.00. The number of nitrogens with two attached hydrogens (primary N) is 1. The van der Waals surface area contributed by atoms with Crippen LogP contribution >= 0.6 is 0 Å². The molecule has 6 nitrogen and oxygen atoms in total. The first-order valence-corrected chi connectivity index (χ1v) is 6.94. The van der Waals surface area contributed by atoms with Crippen LogP contribution < -0.4 is 5.73 Å². The van der Waals surface area contributed by atoms with Gasteiger partial charge in [0.05, 0.1) is 5.92 Å². The number of nitrogens with zero attached hydrogens (tertiary/aromatic N) is 1. The zero-order chi connectivity index (χ0) is 15.1. The summed E-state index contributed by atoms with van der Waals surface area (Å²) in [7, 11) is 0. The van der Waals surface area contributed by atoms with Crippen molar-refractivity contribution in [1.82, 2.24) is 4.90 Å². The summed E-state index contributed by atoms with van der Waals surface area (Å²) in [4.78, 5) is 36.5. The fourth-order valence-electron chi connectivity index (χ4n) is 3.50. The molecule has 3 unspecified atom stereocenters. The van der Waals surface area contributed by atoms with E-state index in [1.807, 2.05) is 0 Å². The van der Waals surface area contributed by atoms with E-state index in [-0.39, 0.29) is 18.0 Å². The number of fused-ring (bicyclic) bond motifs is 2. The second kappa shape index (κ2) is 4.87. The first kappa shape index (κ1) is 13.6. The molecule has 0 aromatic heterocycles. The molecule has 2 saturated heterocycles.